The molecule has 1 heterocycles. The smallest absolute Gasteiger partial charge is 0.182 e. The Labute approximate surface area is 176 Å². The van der Waals surface area contributed by atoms with Gasteiger partial charge in [-0.2, -0.15) is 0 Å². The maximum absolute atomic E-state index is 13.4. The zero-order chi connectivity index (χ0) is 20.4. The van der Waals surface area contributed by atoms with E-state index < -0.39 is 0 Å². The highest BCUT2D eigenvalue weighted by Gasteiger charge is 2.26. The maximum atomic E-state index is 13.4. The molecule has 0 N–H and O–H groups in total. The first-order chi connectivity index (χ1) is 13.3. The van der Waals surface area contributed by atoms with Gasteiger partial charge in [-0.15, -0.1) is 0 Å². The molecule has 0 radical (unpaired) electrons. The van der Waals surface area contributed by atoms with Gasteiger partial charge in [-0.05, 0) is 64.2 Å². The molecule has 0 fully saturated rings. The van der Waals surface area contributed by atoms with Crippen LogP contribution in [0.25, 0.3) is 5.69 Å². The quantitative estimate of drug-likeness (QED) is 0.479. The molecule has 28 heavy (non-hydrogen) atoms. The monoisotopic (exact) mass is 414 g/mol. The van der Waals surface area contributed by atoms with Crippen LogP contribution in [-0.4, -0.2) is 35.4 Å². The molecule has 2 aromatic carbocycles. The summed E-state index contributed by atoms with van der Waals surface area (Å²) in [6, 6.07) is 17.4. The summed E-state index contributed by atoms with van der Waals surface area (Å²) in [7, 11) is 3.90. The number of nitrogens with zero attached hydrogens (tertiary/aromatic N) is 2. The van der Waals surface area contributed by atoms with Gasteiger partial charge in [0.15, 0.2) is 5.78 Å². The molecule has 0 spiro atoms. The van der Waals surface area contributed by atoms with Gasteiger partial charge < -0.3 is 4.57 Å². The van der Waals surface area contributed by atoms with Gasteiger partial charge in [0.05, 0.1) is 16.1 Å². The van der Waals surface area contributed by atoms with Gasteiger partial charge in [-0.25, -0.2) is 0 Å². The summed E-state index contributed by atoms with van der Waals surface area (Å²) in [5.74, 6) is 0.119. The summed E-state index contributed by atoms with van der Waals surface area (Å²) < 4.78 is 2.05. The number of halogens is 2. The van der Waals surface area contributed by atoms with Gasteiger partial charge >= 0.3 is 0 Å². The first kappa shape index (κ1) is 20.7. The van der Waals surface area contributed by atoms with Crippen molar-refractivity contribution in [1.82, 2.24) is 9.47 Å². The average Bonchev–Trinajstić information content (AvgIpc) is 2.96. The van der Waals surface area contributed by atoms with Crippen LogP contribution in [-0.2, 0) is 6.42 Å². The Morgan fingerprint density at radius 2 is 1.68 bits per heavy atom. The number of ketones is 1. The van der Waals surface area contributed by atoms with Crippen molar-refractivity contribution in [3.05, 3.63) is 87.2 Å². The van der Waals surface area contributed by atoms with Crippen LogP contribution in [0, 0.1) is 13.8 Å². The lowest BCUT2D eigenvalue weighted by molar-refractivity contribution is 0.0874. The fourth-order valence-electron chi connectivity index (χ4n) is 3.56. The van der Waals surface area contributed by atoms with E-state index in [2.05, 4.69) is 12.1 Å². The van der Waals surface area contributed by atoms with Crippen molar-refractivity contribution in [2.75, 3.05) is 14.1 Å². The van der Waals surface area contributed by atoms with Crippen LogP contribution in [0.4, 0.5) is 0 Å². The van der Waals surface area contributed by atoms with Crippen molar-refractivity contribution in [3.63, 3.8) is 0 Å². The van der Waals surface area contributed by atoms with Gasteiger partial charge in [0.25, 0.3) is 0 Å². The van der Waals surface area contributed by atoms with Gasteiger partial charge in [0, 0.05) is 22.6 Å². The minimum atomic E-state index is -0.231. The molecule has 3 nitrogen and oxygen atoms in total. The molecular formula is C23H24Cl2N2O. The fourth-order valence-corrected chi connectivity index (χ4v) is 3.85. The second-order valence-corrected chi connectivity index (χ2v) is 8.07. The molecule has 0 aliphatic heterocycles. The first-order valence-corrected chi connectivity index (χ1v) is 9.94. The Morgan fingerprint density at radius 1 is 1.00 bits per heavy atom. The first-order valence-electron chi connectivity index (χ1n) is 9.18. The van der Waals surface area contributed by atoms with E-state index in [4.69, 9.17) is 23.2 Å². The third-order valence-electron chi connectivity index (χ3n) is 5.06. The minimum absolute atomic E-state index is 0.119. The number of aryl methyl sites for hydroxylation is 1. The predicted octanol–water partition coefficient (Wildman–Crippen LogP) is 5.76. The summed E-state index contributed by atoms with van der Waals surface area (Å²) in [5, 5.41) is 1.01. The van der Waals surface area contributed by atoms with Crippen LogP contribution in [0.3, 0.4) is 0 Å². The third kappa shape index (κ3) is 4.17. The topological polar surface area (TPSA) is 25.2 Å². The lowest BCUT2D eigenvalue weighted by Crippen LogP contribution is -2.38. The van der Waals surface area contributed by atoms with Gasteiger partial charge in [-0.1, -0.05) is 53.5 Å². The number of aromatic nitrogens is 1. The van der Waals surface area contributed by atoms with E-state index in [1.165, 1.54) is 0 Å². The number of benzene rings is 2. The van der Waals surface area contributed by atoms with Gasteiger partial charge in [0.2, 0.25) is 0 Å². The zero-order valence-electron chi connectivity index (χ0n) is 16.5. The second kappa shape index (κ2) is 8.52. The lowest BCUT2D eigenvalue weighted by atomic mass is 9.97. The fraction of sp³-hybridized carbons (Fsp3) is 0.261. The van der Waals surface area contributed by atoms with Crippen LogP contribution < -0.4 is 0 Å². The van der Waals surface area contributed by atoms with E-state index in [9.17, 15) is 4.79 Å². The number of rotatable bonds is 6. The highest BCUT2D eigenvalue weighted by atomic mass is 35.5. The Hall–Kier alpha value is -2.07. The standard InChI is InChI=1S/C23H24Cl2N2O/c1-15-12-19(16(2)27(15)18-10-11-20(24)21(25)14-18)23(28)22(26(3)4)13-17-8-6-5-7-9-17/h5-12,14,22H,13H2,1-4H3/t22-/m0/s1. The van der Waals surface area contributed by atoms with E-state index in [0.717, 1.165) is 28.2 Å². The Bertz CT molecular complexity index is 993. The summed E-state index contributed by atoms with van der Waals surface area (Å²) in [6.45, 7) is 3.96. The molecule has 0 unspecified atom stereocenters. The number of hydrogen-bond acceptors (Lipinski definition) is 2. The number of Topliss-reactive ketones (excluding diaryl/α,β-unsaturated/α-hetero) is 1. The number of carbonyl (C=O) groups is 1. The summed E-state index contributed by atoms with van der Waals surface area (Å²) in [6.07, 6.45) is 0.670. The van der Waals surface area contributed by atoms with E-state index in [1.54, 1.807) is 6.07 Å². The third-order valence-corrected chi connectivity index (χ3v) is 5.79. The Balaban J connectivity index is 1.98. The van der Waals surface area contributed by atoms with Crippen molar-refractivity contribution in [2.24, 2.45) is 0 Å². The van der Waals surface area contributed by atoms with Crippen molar-refractivity contribution < 1.29 is 4.79 Å². The van der Waals surface area contributed by atoms with E-state index >= 15 is 0 Å². The lowest BCUT2D eigenvalue weighted by Gasteiger charge is -2.23. The largest absolute Gasteiger partial charge is 0.318 e. The van der Waals surface area contributed by atoms with Crippen molar-refractivity contribution in [3.8, 4) is 5.69 Å². The summed E-state index contributed by atoms with van der Waals surface area (Å²) >= 11 is 12.3. The van der Waals surface area contributed by atoms with Crippen LogP contribution in [0.2, 0.25) is 10.0 Å². The minimum Gasteiger partial charge on any atom is -0.318 e. The van der Waals surface area contributed by atoms with Gasteiger partial charge in [-0.3, -0.25) is 9.69 Å². The van der Waals surface area contributed by atoms with Crippen LogP contribution >= 0.6 is 23.2 Å². The zero-order valence-corrected chi connectivity index (χ0v) is 18.1. The van der Waals surface area contributed by atoms with Crippen LogP contribution in [0.15, 0.2) is 54.6 Å². The number of likely N-dealkylation sites (N-methyl/N-ethyl adjacent to an activating group) is 1. The molecule has 0 saturated carbocycles. The molecular weight excluding hydrogens is 391 g/mol. The average molecular weight is 415 g/mol. The van der Waals surface area contributed by atoms with E-state index in [0.29, 0.717) is 16.5 Å². The predicted molar refractivity (Wildman–Crippen MR) is 117 cm³/mol. The highest BCUT2D eigenvalue weighted by Crippen LogP contribution is 2.28. The van der Waals surface area contributed by atoms with Crippen molar-refractivity contribution >= 4 is 29.0 Å². The molecule has 0 amide bonds. The molecule has 0 aliphatic carbocycles. The second-order valence-electron chi connectivity index (χ2n) is 7.25. The van der Waals surface area contributed by atoms with Crippen LogP contribution in [0.5, 0.6) is 0 Å². The van der Waals surface area contributed by atoms with Crippen molar-refractivity contribution in [2.45, 2.75) is 26.3 Å². The molecule has 1 atom stereocenters. The Morgan fingerprint density at radius 3 is 2.29 bits per heavy atom. The van der Waals surface area contributed by atoms with Crippen LogP contribution in [0.1, 0.15) is 27.3 Å². The number of carbonyl (C=O) groups excluding carboxylic acids is 1. The van der Waals surface area contributed by atoms with Gasteiger partial charge in [0.1, 0.15) is 0 Å². The molecule has 1 aromatic heterocycles. The molecule has 0 bridgehead atoms. The summed E-state index contributed by atoms with van der Waals surface area (Å²) in [5.41, 5.74) is 4.66. The molecule has 146 valence electrons. The normalized spacial score (nSPS) is 12.4. The summed E-state index contributed by atoms with van der Waals surface area (Å²) in [4.78, 5) is 15.4. The van der Waals surface area contributed by atoms with E-state index in [1.807, 2.05) is 73.8 Å². The van der Waals surface area contributed by atoms with E-state index in [-0.39, 0.29) is 11.8 Å². The molecule has 3 rings (SSSR count). The number of hydrogen-bond donors (Lipinski definition) is 0. The Kier molecular flexibility index (Phi) is 6.29. The molecule has 0 saturated heterocycles. The highest BCUT2D eigenvalue weighted by molar-refractivity contribution is 6.42. The molecule has 0 aliphatic rings. The maximum Gasteiger partial charge on any atom is 0.182 e. The van der Waals surface area contributed by atoms with Crippen molar-refractivity contribution in [1.29, 1.82) is 0 Å². The molecule has 3 aromatic rings. The SMILES string of the molecule is Cc1cc(C(=O)[C@H](Cc2ccccc2)N(C)C)c(C)n1-c1ccc(Cl)c(Cl)c1. The molecule has 5 heteroatoms.